The number of H-pyrrole nitrogens is 1. The summed E-state index contributed by atoms with van der Waals surface area (Å²) in [6, 6.07) is 5.52. The molecule has 9 nitrogen and oxygen atoms in total. The van der Waals surface area contributed by atoms with Crippen LogP contribution in [0.2, 0.25) is 0 Å². The number of nitrogens with zero attached hydrogens (tertiary/aromatic N) is 2. The topological polar surface area (TPSA) is 120 Å². The van der Waals surface area contributed by atoms with Gasteiger partial charge >= 0.3 is 12.1 Å². The first-order valence-corrected chi connectivity index (χ1v) is 10.8. The predicted octanol–water partition coefficient (Wildman–Crippen LogP) is 3.47. The predicted molar refractivity (Wildman–Crippen MR) is 120 cm³/mol. The molecule has 1 aliphatic rings. The molecule has 1 saturated heterocycles. The Morgan fingerprint density at radius 3 is 2.38 bits per heavy atom. The summed E-state index contributed by atoms with van der Waals surface area (Å²) in [5.74, 6) is 0.618. The van der Waals surface area contributed by atoms with Crippen LogP contribution in [0, 0.1) is 0 Å². The van der Waals surface area contributed by atoms with Crippen molar-refractivity contribution in [3.8, 4) is 5.75 Å². The number of likely N-dealkylation sites (tertiary alicyclic amines) is 1. The average molecular weight is 447 g/mol. The largest absolute Gasteiger partial charge is 0.494 e. The zero-order valence-electron chi connectivity index (χ0n) is 19.9. The number of nitrogens with one attached hydrogen (secondary N) is 1. The number of carbonyl (C=O) groups excluding carboxylic acids is 2. The Morgan fingerprint density at radius 1 is 1.16 bits per heavy atom. The van der Waals surface area contributed by atoms with Crippen molar-refractivity contribution in [1.82, 2.24) is 14.9 Å². The number of hydrogen-bond acceptors (Lipinski definition) is 7. The lowest BCUT2D eigenvalue weighted by atomic mass is 9.76. The lowest BCUT2D eigenvalue weighted by Crippen LogP contribution is -2.59. The number of esters is 1. The van der Waals surface area contributed by atoms with Gasteiger partial charge in [-0.15, -0.1) is 0 Å². The van der Waals surface area contributed by atoms with Gasteiger partial charge in [0.2, 0.25) is 0 Å². The van der Waals surface area contributed by atoms with Crippen molar-refractivity contribution in [3.63, 3.8) is 0 Å². The molecule has 3 rings (SSSR count). The van der Waals surface area contributed by atoms with E-state index in [1.54, 1.807) is 27.9 Å². The van der Waals surface area contributed by atoms with Crippen molar-refractivity contribution < 1.29 is 23.8 Å². The van der Waals surface area contributed by atoms with Crippen molar-refractivity contribution in [3.05, 3.63) is 24.0 Å². The second-order valence-corrected chi connectivity index (χ2v) is 10.2. The molecule has 0 spiro atoms. The molecule has 2 heterocycles. The van der Waals surface area contributed by atoms with Crippen LogP contribution >= 0.6 is 0 Å². The Labute approximate surface area is 188 Å². The molecule has 176 valence electrons. The summed E-state index contributed by atoms with van der Waals surface area (Å²) in [7, 11) is 1.57. The quantitative estimate of drug-likeness (QED) is 0.693. The number of ether oxygens (including phenoxy) is 3. The maximum absolute atomic E-state index is 13.5. The van der Waals surface area contributed by atoms with Gasteiger partial charge in [0.15, 0.2) is 0 Å². The van der Waals surface area contributed by atoms with Crippen molar-refractivity contribution in [2.24, 2.45) is 5.73 Å². The number of hydrogen-bond donors (Lipinski definition) is 2. The normalized spacial score (nSPS) is 22.0. The standard InChI is InChI=1S/C23H34N4O5/c1-21(2,3)31-19(28)23(18-25-14-9-8-10-15(30-7)17(14)26-18)11-12-27(16(24)13-23)20(29)32-22(4,5)6/h8-10,16H,11-13,24H2,1-7H3,(H,25,26). The fraction of sp³-hybridized carbons (Fsp3) is 0.609. The number of amides is 1. The molecule has 1 fully saturated rings. The fourth-order valence-electron chi connectivity index (χ4n) is 3.86. The number of para-hydroxylation sites is 1. The number of piperidine rings is 1. The Hall–Kier alpha value is -2.81. The molecular formula is C23H34N4O5. The van der Waals surface area contributed by atoms with Gasteiger partial charge in [-0.25, -0.2) is 9.78 Å². The van der Waals surface area contributed by atoms with Crippen LogP contribution in [-0.4, -0.2) is 58.0 Å². The molecule has 2 unspecified atom stereocenters. The summed E-state index contributed by atoms with van der Waals surface area (Å²) in [6.07, 6.45) is -0.824. The van der Waals surface area contributed by atoms with Gasteiger partial charge in [0, 0.05) is 13.0 Å². The summed E-state index contributed by atoms with van der Waals surface area (Å²) in [4.78, 5) is 35.6. The molecule has 0 bridgehead atoms. The molecule has 2 atom stereocenters. The average Bonchev–Trinajstić information content (AvgIpc) is 3.09. The van der Waals surface area contributed by atoms with Crippen LogP contribution in [-0.2, 0) is 19.7 Å². The van der Waals surface area contributed by atoms with Gasteiger partial charge in [0.1, 0.15) is 33.7 Å². The third kappa shape index (κ3) is 4.82. The molecule has 32 heavy (non-hydrogen) atoms. The first-order valence-electron chi connectivity index (χ1n) is 10.8. The molecule has 1 aliphatic heterocycles. The summed E-state index contributed by atoms with van der Waals surface area (Å²) in [6.45, 7) is 11.1. The van der Waals surface area contributed by atoms with Crippen molar-refractivity contribution in [2.75, 3.05) is 13.7 Å². The smallest absolute Gasteiger partial charge is 0.411 e. The monoisotopic (exact) mass is 446 g/mol. The second-order valence-electron chi connectivity index (χ2n) is 10.2. The Bertz CT molecular complexity index is 1000. The number of aromatic nitrogens is 2. The van der Waals surface area contributed by atoms with E-state index in [9.17, 15) is 9.59 Å². The van der Waals surface area contributed by atoms with E-state index in [-0.39, 0.29) is 19.4 Å². The highest BCUT2D eigenvalue weighted by molar-refractivity contribution is 5.87. The van der Waals surface area contributed by atoms with E-state index in [0.717, 1.165) is 5.52 Å². The maximum atomic E-state index is 13.5. The first-order chi connectivity index (χ1) is 14.8. The SMILES string of the molecule is COc1cccc2[nH]c(C3(C(=O)OC(C)(C)C)CCN(C(=O)OC(C)(C)C)C(N)C3)nc12. The summed E-state index contributed by atoms with van der Waals surface area (Å²) >= 11 is 0. The van der Waals surface area contributed by atoms with Crippen molar-refractivity contribution in [2.45, 2.75) is 77.2 Å². The van der Waals surface area contributed by atoms with Crippen molar-refractivity contribution >= 4 is 23.1 Å². The number of aromatic amines is 1. The van der Waals surface area contributed by atoms with Gasteiger partial charge < -0.3 is 24.9 Å². The van der Waals surface area contributed by atoms with Crippen LogP contribution in [0.3, 0.4) is 0 Å². The van der Waals surface area contributed by atoms with Gasteiger partial charge in [-0.05, 0) is 60.1 Å². The van der Waals surface area contributed by atoms with Crippen molar-refractivity contribution in [1.29, 1.82) is 0 Å². The number of methoxy groups -OCH3 is 1. The number of carbonyl (C=O) groups is 2. The fourth-order valence-corrected chi connectivity index (χ4v) is 3.86. The van der Waals surface area contributed by atoms with Gasteiger partial charge in [0.25, 0.3) is 0 Å². The highest BCUT2D eigenvalue weighted by atomic mass is 16.6. The highest BCUT2D eigenvalue weighted by Crippen LogP contribution is 2.40. The zero-order valence-corrected chi connectivity index (χ0v) is 19.9. The van der Waals surface area contributed by atoms with E-state index in [4.69, 9.17) is 24.9 Å². The molecular weight excluding hydrogens is 412 g/mol. The van der Waals surface area contributed by atoms with Crippen LogP contribution in [0.1, 0.15) is 60.2 Å². The first kappa shape index (κ1) is 23.8. The van der Waals surface area contributed by atoms with E-state index >= 15 is 0 Å². The van der Waals surface area contributed by atoms with Crippen LogP contribution in [0.15, 0.2) is 18.2 Å². The molecule has 3 N–H and O–H groups in total. The lowest BCUT2D eigenvalue weighted by Gasteiger charge is -2.43. The van der Waals surface area contributed by atoms with E-state index in [2.05, 4.69) is 4.98 Å². The van der Waals surface area contributed by atoms with Gasteiger partial charge in [-0.3, -0.25) is 9.69 Å². The Kier molecular flexibility index (Phi) is 6.16. The van der Waals surface area contributed by atoms with Gasteiger partial charge in [0.05, 0.1) is 18.8 Å². The number of fused-ring (bicyclic) bond motifs is 1. The molecule has 2 aromatic rings. The zero-order chi connectivity index (χ0) is 23.9. The van der Waals surface area contributed by atoms with Crippen LogP contribution in [0.5, 0.6) is 5.75 Å². The minimum absolute atomic E-state index is 0.142. The van der Waals surface area contributed by atoms with E-state index in [1.807, 2.05) is 39.0 Å². The third-order valence-corrected chi connectivity index (χ3v) is 5.30. The van der Waals surface area contributed by atoms with E-state index < -0.39 is 34.8 Å². The number of imidazole rings is 1. The van der Waals surface area contributed by atoms with Gasteiger partial charge in [-0.2, -0.15) is 0 Å². The molecule has 1 aromatic heterocycles. The summed E-state index contributed by atoms with van der Waals surface area (Å²) in [5.41, 5.74) is 5.29. The summed E-state index contributed by atoms with van der Waals surface area (Å²) in [5, 5.41) is 0. The van der Waals surface area contributed by atoms with E-state index in [1.165, 1.54) is 4.90 Å². The third-order valence-electron chi connectivity index (χ3n) is 5.30. The molecule has 1 amide bonds. The maximum Gasteiger partial charge on any atom is 0.411 e. The van der Waals surface area contributed by atoms with Crippen LogP contribution in [0.4, 0.5) is 4.79 Å². The number of nitrogens with two attached hydrogens (primary N) is 1. The molecule has 0 saturated carbocycles. The van der Waals surface area contributed by atoms with Crippen LogP contribution in [0.25, 0.3) is 11.0 Å². The molecule has 1 aromatic carbocycles. The highest BCUT2D eigenvalue weighted by Gasteiger charge is 2.51. The Balaban J connectivity index is 2.01. The van der Waals surface area contributed by atoms with Gasteiger partial charge in [-0.1, -0.05) is 6.07 Å². The Morgan fingerprint density at radius 2 is 1.81 bits per heavy atom. The summed E-state index contributed by atoms with van der Waals surface area (Å²) < 4.78 is 16.7. The lowest BCUT2D eigenvalue weighted by molar-refractivity contribution is -0.165. The van der Waals surface area contributed by atoms with E-state index in [0.29, 0.717) is 17.1 Å². The second kappa shape index (κ2) is 8.27. The number of benzene rings is 1. The van der Waals surface area contributed by atoms with Crippen LogP contribution < -0.4 is 10.5 Å². The number of rotatable bonds is 3. The minimum atomic E-state index is -1.14. The molecule has 0 aliphatic carbocycles. The molecule has 9 heteroatoms. The minimum Gasteiger partial charge on any atom is -0.494 e. The molecule has 0 radical (unpaired) electrons.